The molecule has 0 saturated heterocycles. The second kappa shape index (κ2) is 11.6. The first kappa shape index (κ1) is 20.2. The number of ether oxygens (including phenoxy) is 2. The highest BCUT2D eigenvalue weighted by Gasteiger charge is 2.21. The molecule has 0 heterocycles. The summed E-state index contributed by atoms with van der Waals surface area (Å²) in [5.41, 5.74) is -0.899. The second-order valence-corrected chi connectivity index (χ2v) is 5.64. The van der Waals surface area contributed by atoms with Crippen molar-refractivity contribution in [3.05, 3.63) is 20.4 Å². The zero-order chi connectivity index (χ0) is 17.8. The molecule has 24 heavy (non-hydrogen) atoms. The molecule has 0 atom stereocenters. The average molecular weight is 340 g/mol. The Balaban J connectivity index is 2.19. The van der Waals surface area contributed by atoms with Gasteiger partial charge in [0.25, 0.3) is 10.9 Å². The maximum absolute atomic E-state index is 11.6. The first-order valence-electron chi connectivity index (χ1n) is 8.57. The molecule has 7 nitrogen and oxygen atoms in total. The Labute approximate surface area is 142 Å². The summed E-state index contributed by atoms with van der Waals surface area (Å²) in [5, 5.41) is 5.65. The fourth-order valence-corrected chi connectivity index (χ4v) is 2.17. The van der Waals surface area contributed by atoms with E-state index in [2.05, 4.69) is 10.6 Å². The van der Waals surface area contributed by atoms with Crippen molar-refractivity contribution in [2.45, 2.75) is 45.4 Å². The monoisotopic (exact) mass is 340 g/mol. The molecule has 1 aromatic carbocycles. The van der Waals surface area contributed by atoms with E-state index in [1.165, 1.54) is 0 Å². The number of carbonyl (C=O) groups excluding carboxylic acids is 1. The molecule has 0 saturated carbocycles. The molecule has 136 valence electrons. The summed E-state index contributed by atoms with van der Waals surface area (Å²) in [6, 6.07) is 0. The molecule has 0 radical (unpaired) electrons. The third-order valence-electron chi connectivity index (χ3n) is 3.61. The second-order valence-electron chi connectivity index (χ2n) is 5.64. The van der Waals surface area contributed by atoms with Crippen molar-refractivity contribution in [2.75, 3.05) is 38.7 Å². The van der Waals surface area contributed by atoms with E-state index in [0.717, 1.165) is 38.7 Å². The standard InChI is InChI=1S/C17H28N2O5/c1-3-4-12-24-17-14(15(21)16(17)22)19-10-9-18-13(20)8-6-5-7-11-23-2/h19H,3-12H2,1-2H3,(H,18,20). The number of nitrogens with one attached hydrogen (secondary N) is 2. The van der Waals surface area contributed by atoms with Gasteiger partial charge in [-0.25, -0.2) is 0 Å². The van der Waals surface area contributed by atoms with Crippen LogP contribution in [0.1, 0.15) is 45.4 Å². The summed E-state index contributed by atoms with van der Waals surface area (Å²) < 4.78 is 10.3. The highest BCUT2D eigenvalue weighted by atomic mass is 16.5. The van der Waals surface area contributed by atoms with Gasteiger partial charge in [0.1, 0.15) is 5.69 Å². The van der Waals surface area contributed by atoms with Crippen LogP contribution >= 0.6 is 0 Å². The summed E-state index contributed by atoms with van der Waals surface area (Å²) >= 11 is 0. The van der Waals surface area contributed by atoms with Crippen LogP contribution in [-0.4, -0.2) is 39.3 Å². The summed E-state index contributed by atoms with van der Waals surface area (Å²) in [4.78, 5) is 34.6. The van der Waals surface area contributed by atoms with E-state index in [1.807, 2.05) is 6.92 Å². The topological polar surface area (TPSA) is 93.7 Å². The molecule has 0 bridgehead atoms. The minimum absolute atomic E-state index is 0.0152. The van der Waals surface area contributed by atoms with E-state index in [0.29, 0.717) is 26.1 Å². The Bertz CT molecular complexity index is 563. The van der Waals surface area contributed by atoms with Gasteiger partial charge in [-0.1, -0.05) is 19.8 Å². The molecule has 0 fully saturated rings. The summed E-state index contributed by atoms with van der Waals surface area (Å²) in [7, 11) is 1.66. The SMILES string of the molecule is CCCCOc1c(NCCNC(=O)CCCCCOC)c(=O)c1=O. The van der Waals surface area contributed by atoms with Crippen LogP contribution in [-0.2, 0) is 9.53 Å². The predicted octanol–water partition coefficient (Wildman–Crippen LogP) is 1.20. The normalized spacial score (nSPS) is 10.8. The van der Waals surface area contributed by atoms with Crippen LogP contribution in [0.4, 0.5) is 5.69 Å². The first-order chi connectivity index (χ1) is 11.6. The van der Waals surface area contributed by atoms with Gasteiger partial charge in [0.2, 0.25) is 5.91 Å². The smallest absolute Gasteiger partial charge is 0.272 e. The van der Waals surface area contributed by atoms with Crippen LogP contribution in [0.2, 0.25) is 0 Å². The van der Waals surface area contributed by atoms with Crippen LogP contribution < -0.4 is 26.2 Å². The molecule has 1 amide bonds. The van der Waals surface area contributed by atoms with Crippen molar-refractivity contribution in [3.63, 3.8) is 0 Å². The maximum atomic E-state index is 11.6. The fraction of sp³-hybridized carbons (Fsp3) is 0.706. The lowest BCUT2D eigenvalue weighted by atomic mass is 10.2. The number of hydrogen-bond donors (Lipinski definition) is 2. The summed E-state index contributed by atoms with van der Waals surface area (Å²) in [6.07, 6.45) is 5.01. The minimum atomic E-state index is -0.575. The van der Waals surface area contributed by atoms with Crippen molar-refractivity contribution < 1.29 is 14.3 Å². The number of amides is 1. The zero-order valence-electron chi connectivity index (χ0n) is 14.6. The Morgan fingerprint density at radius 3 is 2.50 bits per heavy atom. The van der Waals surface area contributed by atoms with Gasteiger partial charge in [0, 0.05) is 33.2 Å². The lowest BCUT2D eigenvalue weighted by Gasteiger charge is -2.14. The fourth-order valence-electron chi connectivity index (χ4n) is 2.17. The van der Waals surface area contributed by atoms with Crippen molar-refractivity contribution in [2.24, 2.45) is 0 Å². The maximum Gasteiger partial charge on any atom is 0.272 e. The molecule has 7 heteroatoms. The summed E-state index contributed by atoms with van der Waals surface area (Å²) in [5.74, 6) is 0.108. The van der Waals surface area contributed by atoms with Gasteiger partial charge in [-0.3, -0.25) is 14.4 Å². The van der Waals surface area contributed by atoms with Crippen molar-refractivity contribution in [1.82, 2.24) is 5.32 Å². The van der Waals surface area contributed by atoms with Gasteiger partial charge >= 0.3 is 0 Å². The number of methoxy groups -OCH3 is 1. The van der Waals surface area contributed by atoms with Crippen LogP contribution in [0.25, 0.3) is 0 Å². The highest BCUT2D eigenvalue weighted by Crippen LogP contribution is 2.17. The van der Waals surface area contributed by atoms with Crippen molar-refractivity contribution >= 4 is 11.6 Å². The molecular weight excluding hydrogens is 312 g/mol. The molecule has 2 N–H and O–H groups in total. The van der Waals surface area contributed by atoms with Gasteiger partial charge in [-0.15, -0.1) is 0 Å². The van der Waals surface area contributed by atoms with E-state index >= 15 is 0 Å². The molecular formula is C17H28N2O5. The quantitative estimate of drug-likeness (QED) is 0.390. The molecule has 0 spiro atoms. The van der Waals surface area contributed by atoms with Crippen LogP contribution in [0.15, 0.2) is 9.59 Å². The zero-order valence-corrected chi connectivity index (χ0v) is 14.6. The highest BCUT2D eigenvalue weighted by molar-refractivity contribution is 5.75. The summed E-state index contributed by atoms with van der Waals surface area (Å²) in [6.45, 7) is 3.94. The van der Waals surface area contributed by atoms with E-state index in [9.17, 15) is 14.4 Å². The number of anilines is 1. The Morgan fingerprint density at radius 1 is 1.00 bits per heavy atom. The molecule has 1 aromatic rings. The largest absolute Gasteiger partial charge is 0.487 e. The van der Waals surface area contributed by atoms with Gasteiger partial charge in [0.15, 0.2) is 5.75 Å². The van der Waals surface area contributed by atoms with E-state index in [4.69, 9.17) is 9.47 Å². The predicted molar refractivity (Wildman–Crippen MR) is 93.6 cm³/mol. The van der Waals surface area contributed by atoms with Crippen LogP contribution in [0.5, 0.6) is 5.75 Å². The molecule has 0 aliphatic heterocycles. The average Bonchev–Trinajstić information content (AvgIpc) is 2.59. The number of rotatable bonds is 14. The van der Waals surface area contributed by atoms with Gasteiger partial charge in [0.05, 0.1) is 6.61 Å². The minimum Gasteiger partial charge on any atom is -0.487 e. The Morgan fingerprint density at radius 2 is 1.79 bits per heavy atom. The third-order valence-corrected chi connectivity index (χ3v) is 3.61. The number of hydrogen-bond acceptors (Lipinski definition) is 6. The van der Waals surface area contributed by atoms with Gasteiger partial charge in [-0.05, 0) is 19.3 Å². The van der Waals surface area contributed by atoms with Crippen LogP contribution in [0, 0.1) is 0 Å². The van der Waals surface area contributed by atoms with E-state index in [1.54, 1.807) is 7.11 Å². The van der Waals surface area contributed by atoms with E-state index < -0.39 is 10.9 Å². The molecule has 0 aliphatic carbocycles. The Hall–Kier alpha value is -1.89. The first-order valence-corrected chi connectivity index (χ1v) is 8.57. The lowest BCUT2D eigenvalue weighted by Crippen LogP contribution is -2.38. The molecule has 0 aliphatic rings. The number of carbonyl (C=O) groups is 1. The van der Waals surface area contributed by atoms with Crippen molar-refractivity contribution in [1.29, 1.82) is 0 Å². The van der Waals surface area contributed by atoms with Gasteiger partial charge < -0.3 is 20.1 Å². The molecule has 0 unspecified atom stereocenters. The number of unbranched alkanes of at least 4 members (excludes halogenated alkanes) is 3. The Kier molecular flexibility index (Phi) is 9.76. The molecule has 0 aromatic heterocycles. The van der Waals surface area contributed by atoms with E-state index in [-0.39, 0.29) is 17.3 Å². The third kappa shape index (κ3) is 6.70. The van der Waals surface area contributed by atoms with Crippen molar-refractivity contribution in [3.8, 4) is 5.75 Å². The van der Waals surface area contributed by atoms with Crippen LogP contribution in [0.3, 0.4) is 0 Å². The molecule has 1 rings (SSSR count). The van der Waals surface area contributed by atoms with Gasteiger partial charge in [-0.2, -0.15) is 0 Å². The lowest BCUT2D eigenvalue weighted by molar-refractivity contribution is -0.121.